The van der Waals surface area contributed by atoms with Crippen molar-refractivity contribution in [3.8, 4) is 0 Å². The van der Waals surface area contributed by atoms with E-state index in [1.165, 1.54) is 17.5 Å². The van der Waals surface area contributed by atoms with Crippen molar-refractivity contribution in [2.24, 2.45) is 0 Å². The van der Waals surface area contributed by atoms with E-state index < -0.39 is 0 Å². The maximum atomic E-state index is 12.1. The molecule has 0 spiro atoms. The fourth-order valence-electron chi connectivity index (χ4n) is 1.46. The molecule has 0 aliphatic rings. The van der Waals surface area contributed by atoms with Gasteiger partial charge in [0.1, 0.15) is 10.7 Å². The molecule has 0 fully saturated rings. The number of amides is 1. The molecule has 0 aliphatic carbocycles. The normalized spacial score (nSPS) is 10.5. The predicted octanol–water partition coefficient (Wildman–Crippen LogP) is 1.03. The summed E-state index contributed by atoms with van der Waals surface area (Å²) in [6.07, 6.45) is 3.22. The van der Waals surface area contributed by atoms with Crippen molar-refractivity contribution in [3.63, 3.8) is 0 Å². The molecule has 0 unspecified atom stereocenters. The molecule has 2 aromatic rings. The highest BCUT2D eigenvalue weighted by atomic mass is 32.1. The van der Waals surface area contributed by atoms with Crippen LogP contribution in [0.15, 0.2) is 17.8 Å². The quantitative estimate of drug-likeness (QED) is 0.814. The Morgan fingerprint density at radius 3 is 3.06 bits per heavy atom. The summed E-state index contributed by atoms with van der Waals surface area (Å²) in [7, 11) is 1.75. The first-order valence-corrected chi connectivity index (χ1v) is 6.12. The van der Waals surface area contributed by atoms with Gasteiger partial charge in [-0.25, -0.2) is 9.67 Å². The number of hydrogen-bond acceptors (Lipinski definition) is 5. The largest absolute Gasteiger partial charge is 0.334 e. The van der Waals surface area contributed by atoms with E-state index in [4.69, 9.17) is 0 Å². The predicted molar refractivity (Wildman–Crippen MR) is 63.6 cm³/mol. The summed E-state index contributed by atoms with van der Waals surface area (Å²) in [5, 5.41) is 10.4. The lowest BCUT2D eigenvalue weighted by Gasteiger charge is -2.15. The molecular weight excluding hydrogens is 238 g/mol. The lowest BCUT2D eigenvalue weighted by Crippen LogP contribution is -2.28. The molecule has 90 valence electrons. The number of nitrogens with zero attached hydrogens (tertiary/aromatic N) is 5. The van der Waals surface area contributed by atoms with Crippen molar-refractivity contribution in [1.29, 1.82) is 0 Å². The van der Waals surface area contributed by atoms with Crippen molar-refractivity contribution in [2.75, 3.05) is 7.05 Å². The van der Waals surface area contributed by atoms with Crippen molar-refractivity contribution in [2.45, 2.75) is 20.0 Å². The number of carbonyl (C=O) groups is 1. The van der Waals surface area contributed by atoms with Crippen molar-refractivity contribution >= 4 is 17.2 Å². The third kappa shape index (κ3) is 2.50. The van der Waals surface area contributed by atoms with Gasteiger partial charge in [0.25, 0.3) is 5.91 Å². The first-order chi connectivity index (χ1) is 8.22. The summed E-state index contributed by atoms with van der Waals surface area (Å²) < 4.78 is 1.58. The zero-order valence-electron chi connectivity index (χ0n) is 9.70. The van der Waals surface area contributed by atoms with Crippen molar-refractivity contribution in [3.05, 3.63) is 28.5 Å². The monoisotopic (exact) mass is 251 g/mol. The maximum Gasteiger partial charge on any atom is 0.273 e. The van der Waals surface area contributed by atoms with Crippen LogP contribution in [0.1, 0.15) is 22.4 Å². The Hall–Kier alpha value is -1.76. The van der Waals surface area contributed by atoms with Crippen LogP contribution in [0, 0.1) is 0 Å². The summed E-state index contributed by atoms with van der Waals surface area (Å²) in [6.45, 7) is 3.06. The van der Waals surface area contributed by atoms with Crippen LogP contribution in [0.2, 0.25) is 0 Å². The van der Waals surface area contributed by atoms with Gasteiger partial charge in [-0.15, -0.1) is 16.4 Å². The Morgan fingerprint density at radius 1 is 1.59 bits per heavy atom. The summed E-state index contributed by atoms with van der Waals surface area (Å²) in [5.41, 5.74) is 0.506. The molecule has 2 rings (SSSR count). The number of rotatable bonds is 4. The van der Waals surface area contributed by atoms with Crippen LogP contribution in [0.5, 0.6) is 0 Å². The molecule has 0 saturated heterocycles. The molecule has 17 heavy (non-hydrogen) atoms. The number of aryl methyl sites for hydroxylation is 1. The third-order valence-electron chi connectivity index (χ3n) is 2.34. The Kier molecular flexibility index (Phi) is 3.48. The number of carbonyl (C=O) groups excluding carboxylic acids is 1. The highest BCUT2D eigenvalue weighted by molar-refractivity contribution is 7.09. The number of hydrogen-bond donors (Lipinski definition) is 0. The SMILES string of the molecule is CCn1nncc1C(=O)N(C)Cc1nccs1. The highest BCUT2D eigenvalue weighted by Gasteiger charge is 2.17. The van der Waals surface area contributed by atoms with E-state index >= 15 is 0 Å². The average Bonchev–Trinajstić information content (AvgIpc) is 2.97. The van der Waals surface area contributed by atoms with Gasteiger partial charge in [0.2, 0.25) is 0 Å². The minimum Gasteiger partial charge on any atom is -0.334 e. The molecule has 0 radical (unpaired) electrons. The maximum absolute atomic E-state index is 12.1. The van der Waals surface area contributed by atoms with Crippen LogP contribution in [0.25, 0.3) is 0 Å². The molecule has 2 heterocycles. The molecule has 0 aliphatic heterocycles. The van der Waals surface area contributed by atoms with E-state index in [0.717, 1.165) is 5.01 Å². The fraction of sp³-hybridized carbons (Fsp3) is 0.400. The second-order valence-corrected chi connectivity index (χ2v) is 4.50. The lowest BCUT2D eigenvalue weighted by atomic mass is 10.4. The van der Waals surface area contributed by atoms with Crippen molar-refractivity contribution < 1.29 is 4.79 Å². The summed E-state index contributed by atoms with van der Waals surface area (Å²) in [4.78, 5) is 17.9. The van der Waals surface area contributed by atoms with Gasteiger partial charge in [-0.3, -0.25) is 4.79 Å². The van der Waals surface area contributed by atoms with E-state index in [1.807, 2.05) is 12.3 Å². The second-order valence-electron chi connectivity index (χ2n) is 3.52. The van der Waals surface area contributed by atoms with Gasteiger partial charge in [-0.05, 0) is 6.92 Å². The first-order valence-electron chi connectivity index (χ1n) is 5.24. The zero-order chi connectivity index (χ0) is 12.3. The van der Waals surface area contributed by atoms with Gasteiger partial charge in [-0.2, -0.15) is 0 Å². The van der Waals surface area contributed by atoms with E-state index in [-0.39, 0.29) is 5.91 Å². The zero-order valence-corrected chi connectivity index (χ0v) is 10.5. The van der Waals surface area contributed by atoms with Crippen LogP contribution in [-0.2, 0) is 13.1 Å². The molecule has 6 nitrogen and oxygen atoms in total. The Labute approximate surface area is 103 Å². The summed E-state index contributed by atoms with van der Waals surface area (Å²) in [6, 6.07) is 0. The first kappa shape index (κ1) is 11.7. The highest BCUT2D eigenvalue weighted by Crippen LogP contribution is 2.09. The Morgan fingerprint density at radius 2 is 2.41 bits per heavy atom. The van der Waals surface area contributed by atoms with Crippen LogP contribution >= 0.6 is 11.3 Å². The Balaban J connectivity index is 2.09. The van der Waals surface area contributed by atoms with Crippen LogP contribution in [0.3, 0.4) is 0 Å². The molecular formula is C10H13N5OS. The van der Waals surface area contributed by atoms with E-state index in [9.17, 15) is 4.79 Å². The third-order valence-corrected chi connectivity index (χ3v) is 3.10. The van der Waals surface area contributed by atoms with E-state index in [2.05, 4.69) is 15.3 Å². The standard InChI is InChI=1S/C10H13N5OS/c1-3-15-8(6-12-13-15)10(16)14(2)7-9-11-4-5-17-9/h4-6H,3,7H2,1-2H3. The average molecular weight is 251 g/mol. The molecule has 0 saturated carbocycles. The van der Waals surface area contributed by atoms with E-state index in [0.29, 0.717) is 18.8 Å². The Bertz CT molecular complexity index is 493. The van der Waals surface area contributed by atoms with Crippen LogP contribution in [0.4, 0.5) is 0 Å². The summed E-state index contributed by atoms with van der Waals surface area (Å²) >= 11 is 1.53. The molecule has 7 heteroatoms. The number of aromatic nitrogens is 4. The summed E-state index contributed by atoms with van der Waals surface area (Å²) in [5.74, 6) is -0.0907. The van der Waals surface area contributed by atoms with E-state index in [1.54, 1.807) is 22.8 Å². The van der Waals surface area contributed by atoms with Crippen LogP contribution in [-0.4, -0.2) is 37.8 Å². The molecule has 0 aromatic carbocycles. The minimum absolute atomic E-state index is 0.0907. The molecule has 1 amide bonds. The molecule has 0 N–H and O–H groups in total. The topological polar surface area (TPSA) is 63.9 Å². The molecule has 0 atom stereocenters. The lowest BCUT2D eigenvalue weighted by molar-refractivity contribution is 0.0772. The second kappa shape index (κ2) is 5.05. The van der Waals surface area contributed by atoms with Gasteiger partial charge in [0.05, 0.1) is 12.7 Å². The van der Waals surface area contributed by atoms with Gasteiger partial charge in [0, 0.05) is 25.2 Å². The minimum atomic E-state index is -0.0907. The fourth-order valence-corrected chi connectivity index (χ4v) is 2.13. The number of thiazole rings is 1. The van der Waals surface area contributed by atoms with Gasteiger partial charge in [-0.1, -0.05) is 5.21 Å². The molecule has 0 bridgehead atoms. The molecule has 2 aromatic heterocycles. The van der Waals surface area contributed by atoms with Gasteiger partial charge >= 0.3 is 0 Å². The smallest absolute Gasteiger partial charge is 0.273 e. The van der Waals surface area contributed by atoms with Gasteiger partial charge < -0.3 is 4.90 Å². The van der Waals surface area contributed by atoms with Crippen molar-refractivity contribution in [1.82, 2.24) is 24.9 Å². The van der Waals surface area contributed by atoms with Crippen LogP contribution < -0.4 is 0 Å². The van der Waals surface area contributed by atoms with Gasteiger partial charge in [0.15, 0.2) is 0 Å².